The van der Waals surface area contributed by atoms with Gasteiger partial charge in [0, 0.05) is 23.7 Å². The molecule has 0 aromatic heterocycles. The predicted octanol–water partition coefficient (Wildman–Crippen LogP) is 2.87. The van der Waals surface area contributed by atoms with Crippen molar-refractivity contribution in [3.8, 4) is 11.5 Å². The zero-order valence-corrected chi connectivity index (χ0v) is 9.16. The fraction of sp³-hybridized carbons (Fsp3) is 0.538. The zero-order chi connectivity index (χ0) is 10.5. The zero-order valence-electron chi connectivity index (χ0n) is 9.16. The number of ether oxygens (including phenoxy) is 2. The summed E-state index contributed by atoms with van der Waals surface area (Å²) in [7, 11) is 0. The Morgan fingerprint density at radius 2 is 1.88 bits per heavy atom. The molecule has 2 aliphatic heterocycles. The lowest BCUT2D eigenvalue weighted by molar-refractivity contribution is 0.174. The Hall–Kier alpha value is -1.38. The minimum Gasteiger partial charge on any atom is -0.454 e. The SMILES string of the molecule is c1c2c(cc3c1OCO3)C1CCCCC1N2. The van der Waals surface area contributed by atoms with Crippen LogP contribution in [0.15, 0.2) is 12.1 Å². The van der Waals surface area contributed by atoms with E-state index < -0.39 is 0 Å². The molecule has 1 aliphatic carbocycles. The number of fused-ring (bicyclic) bond motifs is 4. The first-order chi connectivity index (χ1) is 7.92. The van der Waals surface area contributed by atoms with Crippen LogP contribution in [-0.2, 0) is 0 Å². The molecule has 3 heteroatoms. The average Bonchev–Trinajstić information content (AvgIpc) is 2.88. The van der Waals surface area contributed by atoms with Crippen LogP contribution in [0.25, 0.3) is 0 Å². The summed E-state index contributed by atoms with van der Waals surface area (Å²) in [5.74, 6) is 2.51. The van der Waals surface area contributed by atoms with Gasteiger partial charge < -0.3 is 14.8 Å². The van der Waals surface area contributed by atoms with E-state index in [1.54, 1.807) is 0 Å². The molecule has 2 unspecified atom stereocenters. The monoisotopic (exact) mass is 217 g/mol. The summed E-state index contributed by atoms with van der Waals surface area (Å²) < 4.78 is 10.9. The molecule has 16 heavy (non-hydrogen) atoms. The molecule has 1 aromatic carbocycles. The van der Waals surface area contributed by atoms with E-state index in [4.69, 9.17) is 9.47 Å². The topological polar surface area (TPSA) is 30.5 Å². The van der Waals surface area contributed by atoms with Gasteiger partial charge >= 0.3 is 0 Å². The molecule has 1 N–H and O–H groups in total. The van der Waals surface area contributed by atoms with Crippen LogP contribution < -0.4 is 14.8 Å². The van der Waals surface area contributed by atoms with Gasteiger partial charge in [-0.2, -0.15) is 0 Å². The van der Waals surface area contributed by atoms with Crippen molar-refractivity contribution in [1.82, 2.24) is 0 Å². The minimum atomic E-state index is 0.367. The van der Waals surface area contributed by atoms with E-state index in [-0.39, 0.29) is 0 Å². The first-order valence-electron chi connectivity index (χ1n) is 6.12. The third-order valence-electron chi connectivity index (χ3n) is 4.05. The van der Waals surface area contributed by atoms with Gasteiger partial charge in [-0.1, -0.05) is 12.8 Å². The van der Waals surface area contributed by atoms with E-state index in [0.29, 0.717) is 18.8 Å². The molecule has 0 bridgehead atoms. The minimum absolute atomic E-state index is 0.367. The van der Waals surface area contributed by atoms with Gasteiger partial charge in [-0.15, -0.1) is 0 Å². The van der Waals surface area contributed by atoms with E-state index in [1.807, 2.05) is 0 Å². The van der Waals surface area contributed by atoms with Crippen LogP contribution in [0.5, 0.6) is 11.5 Å². The molecule has 1 aromatic rings. The van der Waals surface area contributed by atoms with E-state index in [0.717, 1.165) is 11.5 Å². The van der Waals surface area contributed by atoms with Gasteiger partial charge in [0.15, 0.2) is 11.5 Å². The van der Waals surface area contributed by atoms with Gasteiger partial charge in [0.25, 0.3) is 0 Å². The van der Waals surface area contributed by atoms with Crippen LogP contribution in [-0.4, -0.2) is 12.8 Å². The molecular formula is C13H15NO2. The molecule has 2 atom stereocenters. The highest BCUT2D eigenvalue weighted by molar-refractivity contribution is 5.66. The largest absolute Gasteiger partial charge is 0.454 e. The Morgan fingerprint density at radius 1 is 1.06 bits per heavy atom. The maximum atomic E-state index is 5.45. The molecule has 0 amide bonds. The molecule has 1 saturated carbocycles. The van der Waals surface area contributed by atoms with Crippen LogP contribution in [0.2, 0.25) is 0 Å². The third kappa shape index (κ3) is 1.09. The van der Waals surface area contributed by atoms with Gasteiger partial charge in [0.2, 0.25) is 6.79 Å². The molecular weight excluding hydrogens is 202 g/mol. The van der Waals surface area contributed by atoms with Crippen LogP contribution in [0, 0.1) is 0 Å². The summed E-state index contributed by atoms with van der Waals surface area (Å²) in [5.41, 5.74) is 2.70. The maximum absolute atomic E-state index is 5.45. The fourth-order valence-corrected chi connectivity index (χ4v) is 3.27. The molecule has 84 valence electrons. The van der Waals surface area contributed by atoms with Gasteiger partial charge in [0.05, 0.1) is 0 Å². The van der Waals surface area contributed by atoms with E-state index >= 15 is 0 Å². The smallest absolute Gasteiger partial charge is 0.231 e. The third-order valence-corrected chi connectivity index (χ3v) is 4.05. The van der Waals surface area contributed by atoms with Crippen molar-refractivity contribution >= 4 is 5.69 Å². The molecule has 0 saturated heterocycles. The highest BCUT2D eigenvalue weighted by Crippen LogP contribution is 2.48. The Balaban J connectivity index is 1.80. The van der Waals surface area contributed by atoms with Crippen molar-refractivity contribution < 1.29 is 9.47 Å². The second kappa shape index (κ2) is 3.06. The second-order valence-corrected chi connectivity index (χ2v) is 4.93. The van der Waals surface area contributed by atoms with Crippen molar-refractivity contribution in [1.29, 1.82) is 0 Å². The summed E-state index contributed by atoms with van der Waals surface area (Å²) in [4.78, 5) is 0. The Bertz CT molecular complexity index is 444. The van der Waals surface area contributed by atoms with Crippen LogP contribution in [0.4, 0.5) is 5.69 Å². The second-order valence-electron chi connectivity index (χ2n) is 4.93. The number of hydrogen-bond donors (Lipinski definition) is 1. The number of rotatable bonds is 0. The Kier molecular flexibility index (Phi) is 1.67. The quantitative estimate of drug-likeness (QED) is 0.724. The first-order valence-corrected chi connectivity index (χ1v) is 6.12. The predicted molar refractivity (Wildman–Crippen MR) is 61.2 cm³/mol. The van der Waals surface area contributed by atoms with Crippen molar-refractivity contribution in [3.63, 3.8) is 0 Å². The lowest BCUT2D eigenvalue weighted by atomic mass is 9.83. The van der Waals surface area contributed by atoms with Gasteiger partial charge in [0.1, 0.15) is 0 Å². The maximum Gasteiger partial charge on any atom is 0.231 e. The van der Waals surface area contributed by atoms with E-state index in [2.05, 4.69) is 17.4 Å². The van der Waals surface area contributed by atoms with Crippen LogP contribution in [0.1, 0.15) is 37.2 Å². The summed E-state index contributed by atoms with van der Waals surface area (Å²) in [5, 5.41) is 3.63. The highest BCUT2D eigenvalue weighted by Gasteiger charge is 2.35. The Morgan fingerprint density at radius 3 is 2.81 bits per heavy atom. The molecule has 4 rings (SSSR count). The lowest BCUT2D eigenvalue weighted by Crippen LogP contribution is -2.23. The number of anilines is 1. The van der Waals surface area contributed by atoms with E-state index in [1.165, 1.54) is 36.9 Å². The molecule has 0 spiro atoms. The number of nitrogens with one attached hydrogen (secondary N) is 1. The average molecular weight is 217 g/mol. The molecule has 3 nitrogen and oxygen atoms in total. The van der Waals surface area contributed by atoms with Crippen molar-refractivity contribution in [2.75, 3.05) is 12.1 Å². The van der Waals surface area contributed by atoms with Crippen LogP contribution >= 0.6 is 0 Å². The number of hydrogen-bond acceptors (Lipinski definition) is 3. The van der Waals surface area contributed by atoms with E-state index in [9.17, 15) is 0 Å². The highest BCUT2D eigenvalue weighted by atomic mass is 16.7. The Labute approximate surface area is 94.7 Å². The van der Waals surface area contributed by atoms with Crippen molar-refractivity contribution in [3.05, 3.63) is 17.7 Å². The summed E-state index contributed by atoms with van der Waals surface area (Å²) in [6.07, 6.45) is 5.32. The van der Waals surface area contributed by atoms with Gasteiger partial charge in [-0.25, -0.2) is 0 Å². The first kappa shape index (κ1) is 8.74. The number of benzene rings is 1. The molecule has 3 aliphatic rings. The molecule has 2 heterocycles. The standard InChI is InChI=1S/C13H15NO2/c1-2-4-10-8(3-1)9-5-12-13(16-7-15-12)6-11(9)14-10/h5-6,8,10,14H,1-4,7H2. The summed E-state index contributed by atoms with van der Waals surface area (Å²) in [6.45, 7) is 0.367. The lowest BCUT2D eigenvalue weighted by Gasteiger charge is -2.25. The van der Waals surface area contributed by atoms with Gasteiger partial charge in [-0.3, -0.25) is 0 Å². The fourth-order valence-electron chi connectivity index (χ4n) is 3.27. The van der Waals surface area contributed by atoms with Crippen molar-refractivity contribution in [2.24, 2.45) is 0 Å². The normalized spacial score (nSPS) is 29.5. The molecule has 1 fully saturated rings. The van der Waals surface area contributed by atoms with Gasteiger partial charge in [-0.05, 0) is 24.5 Å². The van der Waals surface area contributed by atoms with Crippen molar-refractivity contribution in [2.45, 2.75) is 37.6 Å². The summed E-state index contributed by atoms with van der Waals surface area (Å²) >= 11 is 0. The van der Waals surface area contributed by atoms with Crippen LogP contribution in [0.3, 0.4) is 0 Å². The summed E-state index contributed by atoms with van der Waals surface area (Å²) in [6, 6.07) is 4.93. The molecule has 0 radical (unpaired) electrons.